The van der Waals surface area contributed by atoms with Crippen LogP contribution in [0.25, 0.3) is 16.9 Å². The number of amidine groups is 1. The molecule has 0 amide bonds. The second kappa shape index (κ2) is 14.0. The highest BCUT2D eigenvalue weighted by Crippen LogP contribution is 2.33. The maximum Gasteiger partial charge on any atom is 0.141 e. The minimum Gasteiger partial charge on any atom is -0.317 e. The smallest absolute Gasteiger partial charge is 0.141 e. The molecule has 1 aromatic carbocycles. The largest absolute Gasteiger partial charge is 0.317 e. The van der Waals surface area contributed by atoms with E-state index in [2.05, 4.69) is 89.9 Å². The lowest BCUT2D eigenvalue weighted by molar-refractivity contribution is 0.531. The number of aryl methyl sites for hydroxylation is 2. The van der Waals surface area contributed by atoms with Crippen LogP contribution < -0.4 is 10.2 Å². The molecule has 4 rings (SSSR count). The van der Waals surface area contributed by atoms with Crippen molar-refractivity contribution in [2.75, 3.05) is 25.7 Å². The molecule has 7 heteroatoms. The molecule has 0 bridgehead atoms. The number of fused-ring (bicyclic) bond motifs is 1. The van der Waals surface area contributed by atoms with Crippen LogP contribution in [0.2, 0.25) is 0 Å². The van der Waals surface area contributed by atoms with Crippen LogP contribution in [0.15, 0.2) is 64.2 Å². The molecular weight excluding hydrogens is 506 g/mol. The van der Waals surface area contributed by atoms with Gasteiger partial charge in [-0.3, -0.25) is 9.39 Å². The molecule has 3 heterocycles. The third-order valence-electron chi connectivity index (χ3n) is 7.57. The van der Waals surface area contributed by atoms with E-state index in [1.807, 2.05) is 32.4 Å². The quantitative estimate of drug-likeness (QED) is 0.242. The number of aromatic nitrogens is 2. The zero-order chi connectivity index (χ0) is 29.4. The van der Waals surface area contributed by atoms with Crippen LogP contribution in [-0.2, 0) is 6.42 Å². The Morgan fingerprint density at radius 3 is 2.51 bits per heavy atom. The predicted octanol–water partition coefficient (Wildman–Crippen LogP) is 7.23. The van der Waals surface area contributed by atoms with Gasteiger partial charge in [-0.1, -0.05) is 69.5 Å². The fraction of sp³-hybridized carbons (Fsp3) is 0.412. The maximum atomic E-state index is 9.95. The summed E-state index contributed by atoms with van der Waals surface area (Å²) in [7, 11) is 3.94. The van der Waals surface area contributed by atoms with Gasteiger partial charge in [0.1, 0.15) is 17.3 Å². The number of nitriles is 1. The molecule has 0 aliphatic carbocycles. The Balaban J connectivity index is 1.77. The molecule has 3 aromatic rings. The summed E-state index contributed by atoms with van der Waals surface area (Å²) in [5.74, 6) is 2.34. The molecule has 2 aromatic heterocycles. The fourth-order valence-corrected chi connectivity index (χ4v) is 5.44. The molecule has 0 saturated carbocycles. The number of allylic oxidation sites excluding steroid dienone is 2. The van der Waals surface area contributed by atoms with Gasteiger partial charge in [0.2, 0.25) is 0 Å². The van der Waals surface area contributed by atoms with Gasteiger partial charge >= 0.3 is 0 Å². The molecule has 1 aliphatic heterocycles. The van der Waals surface area contributed by atoms with E-state index >= 15 is 0 Å². The second-order valence-corrected chi connectivity index (χ2v) is 10.7. The Hall–Kier alpha value is -4.02. The Bertz CT molecular complexity index is 1510. The highest BCUT2D eigenvalue weighted by Gasteiger charge is 2.26. The average molecular weight is 550 g/mol. The number of nitrogens with one attached hydrogen (secondary N) is 1. The molecule has 0 atom stereocenters. The molecule has 41 heavy (non-hydrogen) atoms. The molecule has 0 fully saturated rings. The molecule has 1 N–H and O–H groups in total. The number of pyridine rings is 1. The Morgan fingerprint density at radius 1 is 1.15 bits per heavy atom. The van der Waals surface area contributed by atoms with E-state index in [1.54, 1.807) is 0 Å². The third-order valence-corrected chi connectivity index (χ3v) is 7.57. The van der Waals surface area contributed by atoms with Crippen LogP contribution in [-0.4, -0.2) is 42.2 Å². The number of rotatable bonds is 12. The van der Waals surface area contributed by atoms with Gasteiger partial charge in [0.25, 0.3) is 0 Å². The van der Waals surface area contributed by atoms with E-state index < -0.39 is 0 Å². The van der Waals surface area contributed by atoms with Crippen molar-refractivity contribution in [1.29, 1.82) is 5.26 Å². The summed E-state index contributed by atoms with van der Waals surface area (Å²) in [6, 6.07) is 14.8. The standard InChI is InChI=1S/C34H43N7/c1-7-10-25(11-8-2)18-29(21-37-23-36-5)27-16-17-31-38-30(9-3)34(41(31)22-27)40(6)32-19-28(20-35)33(39-32)26-14-12-24(4)13-15-26/h12-18,21-22,25,36H,7-11,19,23H2,1-6H3/b29-18+,37-21-. The third kappa shape index (κ3) is 6.83. The number of anilines is 1. The van der Waals surface area contributed by atoms with Crippen LogP contribution in [0.5, 0.6) is 0 Å². The van der Waals surface area contributed by atoms with E-state index in [9.17, 15) is 5.26 Å². The Kier molecular flexibility index (Phi) is 10.3. The van der Waals surface area contributed by atoms with Gasteiger partial charge in [0.15, 0.2) is 0 Å². The van der Waals surface area contributed by atoms with Crippen molar-refractivity contribution in [3.63, 3.8) is 0 Å². The van der Waals surface area contributed by atoms with Gasteiger partial charge in [-0.25, -0.2) is 9.98 Å². The van der Waals surface area contributed by atoms with Crippen molar-refractivity contribution in [3.8, 4) is 6.07 Å². The van der Waals surface area contributed by atoms with Crippen LogP contribution >= 0.6 is 0 Å². The SMILES string of the molecule is CCCC(/C=C(\C=N/CNC)c1ccc2nc(CC)c(N(C)C3=NC(c4ccc(C)cc4)=C(C#N)C3)n2c1)CCC. The average Bonchev–Trinajstić information content (AvgIpc) is 3.58. The molecular formula is C34H43N7. The molecule has 1 aliphatic rings. The summed E-state index contributed by atoms with van der Waals surface area (Å²) >= 11 is 0. The lowest BCUT2D eigenvalue weighted by Crippen LogP contribution is -2.27. The van der Waals surface area contributed by atoms with Crippen molar-refractivity contribution in [3.05, 3.63) is 76.6 Å². The van der Waals surface area contributed by atoms with Crippen molar-refractivity contribution in [2.45, 2.75) is 66.2 Å². The first-order valence-corrected chi connectivity index (χ1v) is 14.8. The predicted molar refractivity (Wildman–Crippen MR) is 172 cm³/mol. The zero-order valence-electron chi connectivity index (χ0n) is 25.4. The van der Waals surface area contributed by atoms with Gasteiger partial charge in [0.05, 0.1) is 29.7 Å². The molecule has 0 saturated heterocycles. The second-order valence-electron chi connectivity index (χ2n) is 10.7. The fourth-order valence-electron chi connectivity index (χ4n) is 5.44. The normalized spacial score (nSPS) is 14.0. The summed E-state index contributed by atoms with van der Waals surface area (Å²) in [6.07, 6.45) is 12.5. The molecule has 0 unspecified atom stereocenters. The van der Waals surface area contributed by atoms with Crippen molar-refractivity contribution in [2.24, 2.45) is 15.9 Å². The minimum atomic E-state index is 0.490. The summed E-state index contributed by atoms with van der Waals surface area (Å²) in [6.45, 7) is 9.26. The van der Waals surface area contributed by atoms with E-state index in [0.29, 0.717) is 24.6 Å². The minimum absolute atomic E-state index is 0.490. The number of imidazole rings is 1. The number of benzene rings is 1. The summed E-state index contributed by atoms with van der Waals surface area (Å²) in [5, 5.41) is 13.1. The first kappa shape index (κ1) is 30.0. The van der Waals surface area contributed by atoms with Crippen molar-refractivity contribution >= 4 is 34.8 Å². The highest BCUT2D eigenvalue weighted by atomic mass is 15.3. The lowest BCUT2D eigenvalue weighted by atomic mass is 9.94. The van der Waals surface area contributed by atoms with Gasteiger partial charge in [-0.05, 0) is 62.4 Å². The summed E-state index contributed by atoms with van der Waals surface area (Å²) in [5.41, 5.74) is 7.72. The van der Waals surface area contributed by atoms with E-state index in [4.69, 9.17) is 9.98 Å². The number of nitrogens with zero attached hydrogens (tertiary/aromatic N) is 6. The van der Waals surface area contributed by atoms with Gasteiger partial charge in [0, 0.05) is 31.4 Å². The first-order valence-electron chi connectivity index (χ1n) is 14.8. The monoisotopic (exact) mass is 549 g/mol. The Labute approximate surface area is 245 Å². The maximum absolute atomic E-state index is 9.95. The molecule has 214 valence electrons. The summed E-state index contributed by atoms with van der Waals surface area (Å²) in [4.78, 5) is 16.7. The number of hydrogen-bond acceptors (Lipinski definition) is 6. The van der Waals surface area contributed by atoms with Gasteiger partial charge in [-0.2, -0.15) is 5.26 Å². The highest BCUT2D eigenvalue weighted by molar-refractivity contribution is 6.10. The molecule has 7 nitrogen and oxygen atoms in total. The van der Waals surface area contributed by atoms with Crippen LogP contribution in [0.3, 0.4) is 0 Å². The zero-order valence-corrected chi connectivity index (χ0v) is 25.4. The lowest BCUT2D eigenvalue weighted by Gasteiger charge is -2.20. The van der Waals surface area contributed by atoms with Gasteiger partial charge < -0.3 is 10.2 Å². The molecule has 0 radical (unpaired) electrons. The number of hydrogen-bond donors (Lipinski definition) is 1. The topological polar surface area (TPSA) is 81.1 Å². The van der Waals surface area contributed by atoms with E-state index in [0.717, 1.165) is 77.5 Å². The van der Waals surface area contributed by atoms with Crippen LogP contribution in [0.1, 0.15) is 75.3 Å². The molecule has 0 spiro atoms. The first-order chi connectivity index (χ1) is 19.9. The van der Waals surface area contributed by atoms with Crippen LogP contribution in [0.4, 0.5) is 5.82 Å². The van der Waals surface area contributed by atoms with E-state index in [-0.39, 0.29) is 0 Å². The van der Waals surface area contributed by atoms with Crippen molar-refractivity contribution < 1.29 is 0 Å². The van der Waals surface area contributed by atoms with Crippen LogP contribution in [0, 0.1) is 24.2 Å². The van der Waals surface area contributed by atoms with Gasteiger partial charge in [-0.15, -0.1) is 0 Å². The van der Waals surface area contributed by atoms with Crippen molar-refractivity contribution in [1.82, 2.24) is 14.7 Å². The summed E-state index contributed by atoms with van der Waals surface area (Å²) < 4.78 is 2.17. The van der Waals surface area contributed by atoms with E-state index in [1.165, 1.54) is 5.56 Å². The Morgan fingerprint density at radius 2 is 1.88 bits per heavy atom. The number of aliphatic imine (C=N–C) groups is 2.